The van der Waals surface area contributed by atoms with E-state index in [0.717, 1.165) is 11.6 Å². The molecule has 1 aromatic heterocycles. The number of aromatic nitrogens is 2. The van der Waals surface area contributed by atoms with Crippen molar-refractivity contribution in [3.05, 3.63) is 62.1 Å². The van der Waals surface area contributed by atoms with Crippen LogP contribution < -0.4 is 10.3 Å². The molecule has 2 aromatic carbocycles. The Morgan fingerprint density at radius 1 is 1.23 bits per heavy atom. The molecule has 0 unspecified atom stereocenters. The first-order valence-corrected chi connectivity index (χ1v) is 9.40. The number of rotatable bonds is 5. The van der Waals surface area contributed by atoms with Gasteiger partial charge in [0, 0.05) is 17.9 Å². The van der Waals surface area contributed by atoms with Crippen LogP contribution in [-0.4, -0.2) is 16.0 Å². The van der Waals surface area contributed by atoms with Crippen molar-refractivity contribution in [2.75, 3.05) is 0 Å². The van der Waals surface area contributed by atoms with Crippen LogP contribution in [0.5, 0.6) is 5.75 Å². The number of hydrogen-bond acceptors (Lipinski definition) is 2. The van der Waals surface area contributed by atoms with Crippen LogP contribution in [0.25, 0.3) is 10.9 Å². The van der Waals surface area contributed by atoms with Crippen molar-refractivity contribution < 1.29 is 17.9 Å². The van der Waals surface area contributed by atoms with Crippen LogP contribution in [0, 0.1) is 5.82 Å². The summed E-state index contributed by atoms with van der Waals surface area (Å²) in [7, 11) is 1.54. The second kappa shape index (κ2) is 7.48. The van der Waals surface area contributed by atoms with Crippen molar-refractivity contribution in [1.29, 1.82) is 0 Å². The summed E-state index contributed by atoms with van der Waals surface area (Å²) in [6, 6.07) is 7.52. The molecule has 138 valence electrons. The number of hydrogen-bond donors (Lipinski definition) is 0. The second-order valence-corrected chi connectivity index (χ2v) is 7.04. The van der Waals surface area contributed by atoms with Gasteiger partial charge in [0.2, 0.25) is 0 Å². The Morgan fingerprint density at radius 2 is 1.96 bits per heavy atom. The average Bonchev–Trinajstić information content (AvgIpc) is 2.81. The summed E-state index contributed by atoms with van der Waals surface area (Å²) in [5.74, 6) is -0.518. The molecule has 0 saturated carbocycles. The molecule has 26 heavy (non-hydrogen) atoms. The number of nitrogens with zero attached hydrogens (tertiary/aromatic N) is 2. The van der Waals surface area contributed by atoms with Gasteiger partial charge in [-0.2, -0.15) is 8.78 Å². The Bertz CT molecular complexity index is 1030. The Balaban J connectivity index is 2.16. The summed E-state index contributed by atoms with van der Waals surface area (Å²) < 4.78 is 46.9. The van der Waals surface area contributed by atoms with Crippen molar-refractivity contribution >= 4 is 42.8 Å². The number of ether oxygens (including phenoxy) is 1. The van der Waals surface area contributed by atoms with Gasteiger partial charge in [-0.3, -0.25) is 14.2 Å². The lowest BCUT2D eigenvalue weighted by atomic mass is 10.1. The molecule has 0 amide bonds. The highest BCUT2D eigenvalue weighted by molar-refractivity contribution is 9.10. The monoisotopic (exact) mass is 492 g/mol. The lowest BCUT2D eigenvalue weighted by molar-refractivity contribution is -0.0505. The molecule has 4 nitrogen and oxygen atoms in total. The Morgan fingerprint density at radius 3 is 2.62 bits per heavy atom. The summed E-state index contributed by atoms with van der Waals surface area (Å²) in [4.78, 5) is 12.4. The zero-order valence-corrected chi connectivity index (χ0v) is 16.7. The lowest BCUT2D eigenvalue weighted by Crippen LogP contribution is -2.20. The maximum atomic E-state index is 13.8. The van der Waals surface area contributed by atoms with Crippen molar-refractivity contribution in [2.24, 2.45) is 7.05 Å². The van der Waals surface area contributed by atoms with Crippen LogP contribution in [0.2, 0.25) is 0 Å². The largest absolute Gasteiger partial charge is 0.434 e. The van der Waals surface area contributed by atoms with Gasteiger partial charge in [-0.15, -0.1) is 0 Å². The Kier molecular flexibility index (Phi) is 5.47. The van der Waals surface area contributed by atoms with Crippen LogP contribution in [0.15, 0.2) is 39.6 Å². The maximum Gasteiger partial charge on any atom is 0.387 e. The van der Waals surface area contributed by atoms with Gasteiger partial charge in [-0.05, 0) is 45.8 Å². The molecule has 0 aliphatic rings. The third kappa shape index (κ3) is 3.55. The van der Waals surface area contributed by atoms with Crippen LogP contribution in [-0.2, 0) is 18.9 Å². The normalized spacial score (nSPS) is 11.5. The highest BCUT2D eigenvalue weighted by Gasteiger charge is 2.17. The van der Waals surface area contributed by atoms with Crippen LogP contribution >= 0.6 is 31.9 Å². The molecule has 0 aliphatic heterocycles. The van der Waals surface area contributed by atoms with E-state index in [1.807, 2.05) is 0 Å². The molecule has 0 spiro atoms. The highest BCUT2D eigenvalue weighted by atomic mass is 79.9. The van der Waals surface area contributed by atoms with Gasteiger partial charge in [-0.1, -0.05) is 22.0 Å². The van der Waals surface area contributed by atoms with Gasteiger partial charge in [0.15, 0.2) is 0 Å². The molecule has 0 fully saturated rings. The van der Waals surface area contributed by atoms with Gasteiger partial charge in [0.05, 0.1) is 21.9 Å². The van der Waals surface area contributed by atoms with Gasteiger partial charge in [-0.25, -0.2) is 4.39 Å². The van der Waals surface area contributed by atoms with E-state index in [0.29, 0.717) is 16.4 Å². The van der Waals surface area contributed by atoms with E-state index < -0.39 is 12.4 Å². The molecule has 0 N–H and O–H groups in total. The standard InChI is InChI=1S/C17H13Br2F3N2O2/c1-23-16(25)11-5-13(20)12(19)6-14(11)24(23)8-10-4-9(7-18)2-3-15(10)26-17(21)22/h2-6,17H,7-8H2,1H3. The summed E-state index contributed by atoms with van der Waals surface area (Å²) in [6.45, 7) is -2.85. The van der Waals surface area contributed by atoms with Gasteiger partial charge in [0.25, 0.3) is 5.56 Å². The Labute approximate surface area is 163 Å². The number of halogens is 5. The molecule has 0 atom stereocenters. The van der Waals surface area contributed by atoms with E-state index in [2.05, 4.69) is 36.6 Å². The topological polar surface area (TPSA) is 36.2 Å². The summed E-state index contributed by atoms with van der Waals surface area (Å²) in [6.07, 6.45) is 0. The molecule has 9 heteroatoms. The zero-order chi connectivity index (χ0) is 19.0. The second-order valence-electron chi connectivity index (χ2n) is 5.62. The zero-order valence-electron chi connectivity index (χ0n) is 13.5. The predicted octanol–water partition coefficient (Wildman–Crippen LogP) is 4.79. The number of fused-ring (bicyclic) bond motifs is 1. The third-order valence-corrected chi connectivity index (χ3v) is 5.27. The SMILES string of the molecule is Cn1c(=O)c2cc(F)c(Br)cc2n1Cc1cc(CBr)ccc1OC(F)F. The molecule has 1 heterocycles. The lowest BCUT2D eigenvalue weighted by Gasteiger charge is -2.15. The van der Waals surface area contributed by atoms with Gasteiger partial charge in [0.1, 0.15) is 11.6 Å². The van der Waals surface area contributed by atoms with E-state index in [4.69, 9.17) is 0 Å². The minimum atomic E-state index is -2.96. The van der Waals surface area contributed by atoms with Crippen LogP contribution in [0.3, 0.4) is 0 Å². The molecule has 0 saturated heterocycles. The van der Waals surface area contributed by atoms with E-state index in [1.54, 1.807) is 16.8 Å². The third-order valence-electron chi connectivity index (χ3n) is 4.02. The fourth-order valence-electron chi connectivity index (χ4n) is 2.77. The van der Waals surface area contributed by atoms with E-state index in [1.165, 1.54) is 23.9 Å². The van der Waals surface area contributed by atoms with Crippen molar-refractivity contribution in [3.63, 3.8) is 0 Å². The maximum absolute atomic E-state index is 13.8. The summed E-state index contributed by atoms with van der Waals surface area (Å²) in [5.41, 5.74) is 1.46. The summed E-state index contributed by atoms with van der Waals surface area (Å²) in [5, 5.41) is 0.748. The van der Waals surface area contributed by atoms with E-state index in [-0.39, 0.29) is 27.7 Å². The first-order chi connectivity index (χ1) is 12.3. The first-order valence-electron chi connectivity index (χ1n) is 7.49. The quantitative estimate of drug-likeness (QED) is 0.479. The van der Waals surface area contributed by atoms with Crippen molar-refractivity contribution in [3.8, 4) is 5.75 Å². The minimum Gasteiger partial charge on any atom is -0.434 e. The smallest absolute Gasteiger partial charge is 0.387 e. The molecule has 0 bridgehead atoms. The van der Waals surface area contributed by atoms with E-state index >= 15 is 0 Å². The average molecular weight is 494 g/mol. The summed E-state index contributed by atoms with van der Waals surface area (Å²) >= 11 is 6.44. The molecular weight excluding hydrogens is 481 g/mol. The molecule has 3 rings (SSSR count). The molecular formula is C17H13Br2F3N2O2. The Hall–Kier alpha value is -1.74. The van der Waals surface area contributed by atoms with Gasteiger partial charge < -0.3 is 4.74 Å². The molecule has 0 aliphatic carbocycles. The fraction of sp³-hybridized carbons (Fsp3) is 0.235. The molecule has 0 radical (unpaired) electrons. The predicted molar refractivity (Wildman–Crippen MR) is 99.6 cm³/mol. The van der Waals surface area contributed by atoms with Gasteiger partial charge >= 0.3 is 6.61 Å². The minimum absolute atomic E-state index is 0.0279. The number of benzene rings is 2. The van der Waals surface area contributed by atoms with Crippen molar-refractivity contribution in [1.82, 2.24) is 9.36 Å². The van der Waals surface area contributed by atoms with Crippen molar-refractivity contribution in [2.45, 2.75) is 18.5 Å². The highest BCUT2D eigenvalue weighted by Crippen LogP contribution is 2.27. The van der Waals surface area contributed by atoms with Crippen LogP contribution in [0.1, 0.15) is 11.1 Å². The molecule has 3 aromatic rings. The van der Waals surface area contributed by atoms with E-state index in [9.17, 15) is 18.0 Å². The fourth-order valence-corrected chi connectivity index (χ4v) is 3.45. The van der Waals surface area contributed by atoms with Crippen LogP contribution in [0.4, 0.5) is 13.2 Å². The first kappa shape index (κ1) is 19.0. The number of alkyl halides is 3.